The van der Waals surface area contributed by atoms with Crippen LogP contribution < -0.4 is 16.4 Å². The summed E-state index contributed by atoms with van der Waals surface area (Å²) in [6.07, 6.45) is 5.58. The highest BCUT2D eigenvalue weighted by Gasteiger charge is 2.17. The minimum absolute atomic E-state index is 0.132. The van der Waals surface area contributed by atoms with Crippen LogP contribution in [0, 0.1) is 12.8 Å². The maximum atomic E-state index is 11.8. The van der Waals surface area contributed by atoms with Crippen molar-refractivity contribution in [2.45, 2.75) is 39.0 Å². The Hall–Kier alpha value is -2.04. The molecule has 0 spiro atoms. The van der Waals surface area contributed by atoms with E-state index in [0.717, 1.165) is 5.69 Å². The van der Waals surface area contributed by atoms with Crippen molar-refractivity contribution in [2.75, 3.05) is 18.4 Å². The molecule has 1 fully saturated rings. The molecule has 0 radical (unpaired) electrons. The van der Waals surface area contributed by atoms with Crippen LogP contribution in [0.5, 0.6) is 0 Å². The molecule has 1 saturated carbocycles. The highest BCUT2D eigenvalue weighted by Crippen LogP contribution is 2.27. The summed E-state index contributed by atoms with van der Waals surface area (Å²) in [5.41, 5.74) is 7.93. The van der Waals surface area contributed by atoms with Gasteiger partial charge in [0.1, 0.15) is 0 Å². The van der Waals surface area contributed by atoms with Crippen molar-refractivity contribution in [3.05, 3.63) is 29.8 Å². The van der Waals surface area contributed by atoms with E-state index in [2.05, 4.69) is 15.6 Å². The smallest absolute Gasteiger partial charge is 0.220 e. The van der Waals surface area contributed by atoms with Gasteiger partial charge in [-0.3, -0.25) is 9.79 Å². The first-order chi connectivity index (χ1) is 10.6. The van der Waals surface area contributed by atoms with Gasteiger partial charge >= 0.3 is 0 Å². The van der Waals surface area contributed by atoms with Gasteiger partial charge in [-0.25, -0.2) is 0 Å². The maximum absolute atomic E-state index is 11.8. The molecule has 1 aromatic carbocycles. The molecule has 1 amide bonds. The van der Waals surface area contributed by atoms with Crippen LogP contribution >= 0.6 is 0 Å². The number of anilines is 1. The lowest BCUT2D eigenvalue weighted by atomic mass is 10.0. The zero-order chi connectivity index (χ0) is 15.8. The van der Waals surface area contributed by atoms with Gasteiger partial charge in [-0.05, 0) is 37.8 Å². The minimum atomic E-state index is 0.132. The molecule has 1 aliphatic carbocycles. The van der Waals surface area contributed by atoms with Gasteiger partial charge in [0.15, 0.2) is 5.96 Å². The maximum Gasteiger partial charge on any atom is 0.220 e. The summed E-state index contributed by atoms with van der Waals surface area (Å²) in [7, 11) is 0. The third-order valence-corrected chi connectivity index (χ3v) is 3.99. The van der Waals surface area contributed by atoms with E-state index in [-0.39, 0.29) is 5.91 Å². The Labute approximate surface area is 132 Å². The average molecular weight is 302 g/mol. The molecule has 0 unspecified atom stereocenters. The van der Waals surface area contributed by atoms with Crippen molar-refractivity contribution in [3.8, 4) is 0 Å². The van der Waals surface area contributed by atoms with Crippen molar-refractivity contribution < 1.29 is 4.79 Å². The molecule has 2 rings (SSSR count). The summed E-state index contributed by atoms with van der Waals surface area (Å²) < 4.78 is 0. The topological polar surface area (TPSA) is 79.5 Å². The fourth-order valence-electron chi connectivity index (χ4n) is 2.74. The molecule has 5 nitrogen and oxygen atoms in total. The molecular weight excluding hydrogens is 276 g/mol. The third kappa shape index (κ3) is 5.76. The number of hydrogen-bond acceptors (Lipinski definition) is 2. The number of nitrogens with zero attached hydrogens (tertiary/aromatic N) is 1. The van der Waals surface area contributed by atoms with Gasteiger partial charge < -0.3 is 16.4 Å². The highest BCUT2D eigenvalue weighted by molar-refractivity contribution is 5.92. The summed E-state index contributed by atoms with van der Waals surface area (Å²) in [5.74, 6) is 1.08. The Balaban J connectivity index is 1.63. The Morgan fingerprint density at radius 3 is 2.64 bits per heavy atom. The number of guanidine groups is 1. The zero-order valence-electron chi connectivity index (χ0n) is 13.3. The first-order valence-corrected chi connectivity index (χ1v) is 8.04. The Morgan fingerprint density at radius 2 is 1.95 bits per heavy atom. The summed E-state index contributed by atoms with van der Waals surface area (Å²) in [6.45, 7) is 3.05. The van der Waals surface area contributed by atoms with E-state index in [4.69, 9.17) is 5.73 Å². The Morgan fingerprint density at radius 1 is 1.27 bits per heavy atom. The number of nitrogens with two attached hydrogens (primary N) is 1. The quantitative estimate of drug-likeness (QED) is 0.429. The second-order valence-electron chi connectivity index (χ2n) is 5.96. The molecule has 0 heterocycles. The SMILES string of the molecule is Cc1ccc(NC(N)=NCCNC(=O)CC2CCCC2)cc1. The van der Waals surface area contributed by atoms with Crippen LogP contribution in [0.2, 0.25) is 0 Å². The van der Waals surface area contributed by atoms with Gasteiger partial charge in [0.25, 0.3) is 0 Å². The second kappa shape index (κ2) is 8.41. The monoisotopic (exact) mass is 302 g/mol. The molecule has 5 heteroatoms. The molecule has 0 saturated heterocycles. The van der Waals surface area contributed by atoms with E-state index in [9.17, 15) is 4.79 Å². The fraction of sp³-hybridized carbons (Fsp3) is 0.529. The summed E-state index contributed by atoms with van der Waals surface area (Å²) >= 11 is 0. The number of carbonyl (C=O) groups is 1. The molecule has 0 bridgehead atoms. The predicted molar refractivity (Wildman–Crippen MR) is 90.9 cm³/mol. The van der Waals surface area contributed by atoms with Crippen LogP contribution in [0.4, 0.5) is 5.69 Å². The van der Waals surface area contributed by atoms with Crippen LogP contribution in [-0.2, 0) is 4.79 Å². The molecule has 22 heavy (non-hydrogen) atoms. The van der Waals surface area contributed by atoms with Gasteiger partial charge in [-0.1, -0.05) is 30.5 Å². The van der Waals surface area contributed by atoms with Gasteiger partial charge in [0.05, 0.1) is 6.54 Å². The fourth-order valence-corrected chi connectivity index (χ4v) is 2.74. The normalized spacial score (nSPS) is 15.8. The largest absolute Gasteiger partial charge is 0.370 e. The van der Waals surface area contributed by atoms with E-state index < -0.39 is 0 Å². The van der Waals surface area contributed by atoms with E-state index >= 15 is 0 Å². The highest BCUT2D eigenvalue weighted by atomic mass is 16.1. The minimum Gasteiger partial charge on any atom is -0.370 e. The van der Waals surface area contributed by atoms with Gasteiger partial charge in [0.2, 0.25) is 5.91 Å². The number of benzene rings is 1. The predicted octanol–water partition coefficient (Wildman–Crippen LogP) is 2.42. The van der Waals surface area contributed by atoms with Crippen LogP contribution in [-0.4, -0.2) is 25.0 Å². The molecular formula is C17H26N4O. The molecule has 0 aromatic heterocycles. The number of hydrogen-bond donors (Lipinski definition) is 3. The van der Waals surface area contributed by atoms with Gasteiger partial charge in [-0.15, -0.1) is 0 Å². The van der Waals surface area contributed by atoms with Crippen molar-refractivity contribution in [3.63, 3.8) is 0 Å². The van der Waals surface area contributed by atoms with Crippen LogP contribution in [0.25, 0.3) is 0 Å². The number of aryl methyl sites for hydroxylation is 1. The summed E-state index contributed by atoms with van der Waals surface area (Å²) in [4.78, 5) is 16.0. The summed E-state index contributed by atoms with van der Waals surface area (Å²) in [6, 6.07) is 7.94. The van der Waals surface area contributed by atoms with E-state index in [0.29, 0.717) is 31.4 Å². The first-order valence-electron chi connectivity index (χ1n) is 8.04. The van der Waals surface area contributed by atoms with Crippen molar-refractivity contribution >= 4 is 17.6 Å². The van der Waals surface area contributed by atoms with Gasteiger partial charge in [-0.2, -0.15) is 0 Å². The van der Waals surface area contributed by atoms with Crippen LogP contribution in [0.1, 0.15) is 37.7 Å². The number of nitrogens with one attached hydrogen (secondary N) is 2. The number of carbonyl (C=O) groups excluding carboxylic acids is 1. The molecule has 0 atom stereocenters. The average Bonchev–Trinajstić information content (AvgIpc) is 2.99. The van der Waals surface area contributed by atoms with Gasteiger partial charge in [0, 0.05) is 18.7 Å². The van der Waals surface area contributed by atoms with Crippen molar-refractivity contribution in [1.29, 1.82) is 0 Å². The van der Waals surface area contributed by atoms with Crippen LogP contribution in [0.3, 0.4) is 0 Å². The third-order valence-electron chi connectivity index (χ3n) is 3.99. The molecule has 1 aliphatic rings. The Kier molecular flexibility index (Phi) is 6.25. The first kappa shape index (κ1) is 16.3. The van der Waals surface area contributed by atoms with E-state index in [1.807, 2.05) is 31.2 Å². The second-order valence-corrected chi connectivity index (χ2v) is 5.96. The lowest BCUT2D eigenvalue weighted by molar-refractivity contribution is -0.121. The number of rotatable bonds is 6. The zero-order valence-corrected chi connectivity index (χ0v) is 13.3. The van der Waals surface area contributed by atoms with Crippen molar-refractivity contribution in [2.24, 2.45) is 16.6 Å². The molecule has 1 aromatic rings. The van der Waals surface area contributed by atoms with E-state index in [1.165, 1.54) is 31.2 Å². The van der Waals surface area contributed by atoms with E-state index in [1.54, 1.807) is 0 Å². The Bertz CT molecular complexity index is 504. The summed E-state index contributed by atoms with van der Waals surface area (Å²) in [5, 5.41) is 5.94. The standard InChI is InChI=1S/C17H26N4O/c1-13-6-8-15(9-7-13)21-17(18)20-11-10-19-16(22)12-14-4-2-3-5-14/h6-9,14H,2-5,10-12H2,1H3,(H,19,22)(H3,18,20,21). The molecule has 120 valence electrons. The molecule has 4 N–H and O–H groups in total. The molecule has 0 aliphatic heterocycles. The lowest BCUT2D eigenvalue weighted by Gasteiger charge is -2.09. The number of aliphatic imine (C=N–C) groups is 1. The van der Waals surface area contributed by atoms with Crippen LogP contribution in [0.15, 0.2) is 29.3 Å². The van der Waals surface area contributed by atoms with Crippen molar-refractivity contribution in [1.82, 2.24) is 5.32 Å². The number of amides is 1. The lowest BCUT2D eigenvalue weighted by Crippen LogP contribution is -2.29.